The number of ether oxygens (including phenoxy) is 1. The first-order chi connectivity index (χ1) is 14.0. The van der Waals surface area contributed by atoms with Crippen LogP contribution in [0.5, 0.6) is 0 Å². The van der Waals surface area contributed by atoms with E-state index in [2.05, 4.69) is 0 Å². The first-order valence-electron chi connectivity index (χ1n) is 10.2. The Kier molecular flexibility index (Phi) is 10.5. The van der Waals surface area contributed by atoms with Crippen LogP contribution in [0, 0.1) is 11.8 Å². The van der Waals surface area contributed by atoms with Crippen LogP contribution in [-0.4, -0.2) is 46.7 Å². The Morgan fingerprint density at radius 2 is 2.14 bits per heavy atom. The van der Waals surface area contributed by atoms with Crippen LogP contribution in [0.2, 0.25) is 0 Å². The molecule has 5 nitrogen and oxygen atoms in total. The molecular formula is C23H32O5S. The number of carbonyl (C=O) groups excluding carboxylic acids is 1. The van der Waals surface area contributed by atoms with Gasteiger partial charge in [0, 0.05) is 32.3 Å². The van der Waals surface area contributed by atoms with E-state index in [9.17, 15) is 14.7 Å². The average Bonchev–Trinajstić information content (AvgIpc) is 3.03. The monoisotopic (exact) mass is 420 g/mol. The van der Waals surface area contributed by atoms with Crippen LogP contribution in [0.1, 0.15) is 43.2 Å². The van der Waals surface area contributed by atoms with E-state index in [-0.39, 0.29) is 18.3 Å². The van der Waals surface area contributed by atoms with E-state index in [1.54, 1.807) is 18.9 Å². The zero-order valence-corrected chi connectivity index (χ0v) is 17.9. The van der Waals surface area contributed by atoms with Gasteiger partial charge in [0.2, 0.25) is 0 Å². The molecule has 0 amide bonds. The number of carbonyl (C=O) groups is 2. The number of carboxylic acids is 1. The van der Waals surface area contributed by atoms with Gasteiger partial charge in [-0.15, -0.1) is 0 Å². The molecule has 3 unspecified atom stereocenters. The number of hydrogen-bond acceptors (Lipinski definition) is 5. The fraction of sp³-hybridized carbons (Fsp3) is 0.565. The Hall–Kier alpha value is -1.63. The van der Waals surface area contributed by atoms with Gasteiger partial charge in [-0.3, -0.25) is 9.59 Å². The summed E-state index contributed by atoms with van der Waals surface area (Å²) in [7, 11) is 1.66. The molecule has 3 atom stereocenters. The summed E-state index contributed by atoms with van der Waals surface area (Å²) >= 11 is 1.72. The maximum absolute atomic E-state index is 12.2. The number of thioether (sulfide) groups is 1. The van der Waals surface area contributed by atoms with Crippen LogP contribution in [-0.2, 0) is 27.4 Å². The zero-order chi connectivity index (χ0) is 21.1. The van der Waals surface area contributed by atoms with E-state index in [0.717, 1.165) is 35.5 Å². The van der Waals surface area contributed by atoms with E-state index in [4.69, 9.17) is 9.84 Å². The molecule has 2 rings (SSSR count). The summed E-state index contributed by atoms with van der Waals surface area (Å²) in [5.41, 5.74) is 2.15. The van der Waals surface area contributed by atoms with E-state index in [1.807, 2.05) is 36.4 Å². The van der Waals surface area contributed by atoms with Gasteiger partial charge in [-0.25, -0.2) is 0 Å². The molecule has 1 aliphatic rings. The molecule has 0 bridgehead atoms. The summed E-state index contributed by atoms with van der Waals surface area (Å²) in [6, 6.07) is 8.02. The predicted molar refractivity (Wildman–Crippen MR) is 116 cm³/mol. The lowest BCUT2D eigenvalue weighted by Gasteiger charge is -2.15. The summed E-state index contributed by atoms with van der Waals surface area (Å²) in [4.78, 5) is 22.8. The minimum atomic E-state index is -0.759. The Bertz CT molecular complexity index is 688. The van der Waals surface area contributed by atoms with Crippen LogP contribution >= 0.6 is 11.8 Å². The van der Waals surface area contributed by atoms with Crippen molar-refractivity contribution < 1.29 is 24.5 Å². The van der Waals surface area contributed by atoms with Gasteiger partial charge in [0.05, 0.1) is 12.7 Å². The minimum absolute atomic E-state index is 0.0236. The number of benzene rings is 1. The van der Waals surface area contributed by atoms with Crippen LogP contribution in [0.4, 0.5) is 0 Å². The van der Waals surface area contributed by atoms with Crippen LogP contribution in [0.25, 0.3) is 0 Å². The van der Waals surface area contributed by atoms with Gasteiger partial charge in [-0.1, -0.05) is 36.4 Å². The van der Waals surface area contributed by atoms with Crippen LogP contribution in [0.15, 0.2) is 36.4 Å². The summed E-state index contributed by atoms with van der Waals surface area (Å²) < 4.78 is 5.15. The van der Waals surface area contributed by atoms with Crippen molar-refractivity contribution in [3.05, 3.63) is 47.5 Å². The highest BCUT2D eigenvalue weighted by molar-refractivity contribution is 7.99. The standard InChI is InChI=1S/C23H32O5S/c1-28-16-18-5-2-4-17(14-18)15-20(24)9-7-19-8-10-22(25)21(19)11-13-29-12-3-6-23(26)27/h2,4-5,7,9,14,19-21,24H,3,6,8,10-13,15-16H2,1H3,(H,26,27)/b9-7+. The highest BCUT2D eigenvalue weighted by Crippen LogP contribution is 2.33. The van der Waals surface area contributed by atoms with E-state index < -0.39 is 12.1 Å². The maximum atomic E-state index is 12.2. The lowest BCUT2D eigenvalue weighted by Crippen LogP contribution is -2.15. The molecule has 2 N–H and O–H groups in total. The van der Waals surface area contributed by atoms with Crippen molar-refractivity contribution in [3.8, 4) is 0 Å². The lowest BCUT2D eigenvalue weighted by atomic mass is 9.92. The molecule has 1 saturated carbocycles. The molecule has 0 heterocycles. The number of rotatable bonds is 13. The summed E-state index contributed by atoms with van der Waals surface area (Å²) in [6.07, 6.45) is 6.97. The Morgan fingerprint density at radius 1 is 1.34 bits per heavy atom. The van der Waals surface area contributed by atoms with Gasteiger partial charge < -0.3 is 14.9 Å². The van der Waals surface area contributed by atoms with Gasteiger partial charge in [0.1, 0.15) is 5.78 Å². The summed E-state index contributed by atoms with van der Waals surface area (Å²) in [6.45, 7) is 0.556. The zero-order valence-electron chi connectivity index (χ0n) is 17.1. The van der Waals surface area contributed by atoms with E-state index >= 15 is 0 Å². The first-order valence-corrected chi connectivity index (χ1v) is 11.4. The second kappa shape index (κ2) is 12.8. The normalized spacial score (nSPS) is 20.4. The molecule has 0 spiro atoms. The third-order valence-corrected chi connectivity index (χ3v) is 6.34. The SMILES string of the molecule is COCc1cccc(CC(O)/C=C/C2CCC(=O)C2CCSCCCC(=O)O)c1. The fourth-order valence-electron chi connectivity index (χ4n) is 3.77. The van der Waals surface area contributed by atoms with Gasteiger partial charge in [-0.2, -0.15) is 11.8 Å². The number of aliphatic hydroxyl groups excluding tert-OH is 1. The van der Waals surface area contributed by atoms with Gasteiger partial charge in [0.25, 0.3) is 0 Å². The molecule has 1 fully saturated rings. The van der Waals surface area contributed by atoms with Gasteiger partial charge >= 0.3 is 5.97 Å². The Balaban J connectivity index is 1.79. The van der Waals surface area contributed by atoms with Crippen molar-refractivity contribution in [3.63, 3.8) is 0 Å². The molecule has 0 aromatic heterocycles. The van der Waals surface area contributed by atoms with Crippen molar-refractivity contribution in [1.29, 1.82) is 0 Å². The molecule has 6 heteroatoms. The van der Waals surface area contributed by atoms with Gasteiger partial charge in [0.15, 0.2) is 0 Å². The largest absolute Gasteiger partial charge is 0.481 e. The number of Topliss-reactive ketones (excluding diaryl/α,β-unsaturated/α-hetero) is 1. The van der Waals surface area contributed by atoms with Crippen molar-refractivity contribution in [2.24, 2.45) is 11.8 Å². The second-order valence-electron chi connectivity index (χ2n) is 7.58. The topological polar surface area (TPSA) is 83.8 Å². The summed E-state index contributed by atoms with van der Waals surface area (Å²) in [5, 5.41) is 19.1. The molecule has 1 aliphatic carbocycles. The molecule has 160 valence electrons. The first kappa shape index (κ1) is 23.6. The average molecular weight is 421 g/mol. The number of allylic oxidation sites excluding steroid dienone is 1. The molecule has 29 heavy (non-hydrogen) atoms. The van der Waals surface area contributed by atoms with Crippen molar-refractivity contribution >= 4 is 23.5 Å². The molecular weight excluding hydrogens is 388 g/mol. The number of aliphatic hydroxyl groups is 1. The number of aliphatic carboxylic acids is 1. The summed E-state index contributed by atoms with van der Waals surface area (Å²) in [5.74, 6) is 1.45. The lowest BCUT2D eigenvalue weighted by molar-refractivity contribution is -0.137. The van der Waals surface area contributed by atoms with Crippen molar-refractivity contribution in [2.75, 3.05) is 18.6 Å². The Morgan fingerprint density at radius 3 is 2.90 bits per heavy atom. The van der Waals surface area contributed by atoms with Crippen LogP contribution < -0.4 is 0 Å². The van der Waals surface area contributed by atoms with Crippen molar-refractivity contribution in [1.82, 2.24) is 0 Å². The predicted octanol–water partition coefficient (Wildman–Crippen LogP) is 3.88. The smallest absolute Gasteiger partial charge is 0.303 e. The van der Waals surface area contributed by atoms with Crippen molar-refractivity contribution in [2.45, 2.75) is 51.2 Å². The Labute approximate surface area is 177 Å². The number of carboxylic acid groups (broad SMARTS) is 1. The molecule has 0 aliphatic heterocycles. The minimum Gasteiger partial charge on any atom is -0.481 e. The quantitative estimate of drug-likeness (QED) is 0.372. The third kappa shape index (κ3) is 8.72. The van der Waals surface area contributed by atoms with E-state index in [1.165, 1.54) is 0 Å². The fourth-order valence-corrected chi connectivity index (χ4v) is 4.74. The van der Waals surface area contributed by atoms with E-state index in [0.29, 0.717) is 31.7 Å². The van der Waals surface area contributed by atoms with Gasteiger partial charge in [-0.05, 0) is 47.8 Å². The highest BCUT2D eigenvalue weighted by Gasteiger charge is 2.32. The maximum Gasteiger partial charge on any atom is 0.303 e. The van der Waals surface area contributed by atoms with Crippen LogP contribution in [0.3, 0.4) is 0 Å². The number of hydrogen-bond donors (Lipinski definition) is 2. The number of ketones is 1. The molecule has 0 radical (unpaired) electrons. The highest BCUT2D eigenvalue weighted by atomic mass is 32.2. The second-order valence-corrected chi connectivity index (χ2v) is 8.81. The third-order valence-electron chi connectivity index (χ3n) is 5.23. The molecule has 1 aromatic rings. The molecule has 1 aromatic carbocycles. The number of methoxy groups -OCH3 is 1. The molecule has 0 saturated heterocycles.